The molecule has 0 aliphatic heterocycles. The second-order valence-electron chi connectivity index (χ2n) is 4.50. The largest absolute Gasteiger partial charge is 0.353 e. The van der Waals surface area contributed by atoms with E-state index in [0.29, 0.717) is 6.42 Å². The normalized spacial score (nSPS) is 10.5. The van der Waals surface area contributed by atoms with E-state index in [2.05, 4.69) is 17.3 Å². The average molecular weight is 257 g/mol. The lowest BCUT2D eigenvalue weighted by molar-refractivity contribution is 0.0988. The molecule has 1 heterocycles. The molecule has 2 rings (SSSR count). The Morgan fingerprint density at radius 3 is 2.53 bits per heavy atom. The number of aryl methyl sites for hydroxylation is 2. The van der Waals surface area contributed by atoms with E-state index < -0.39 is 0 Å². The summed E-state index contributed by atoms with van der Waals surface area (Å²) in [5.74, 6) is 0.169. The summed E-state index contributed by atoms with van der Waals surface area (Å²) < 4.78 is 1.80. The average Bonchev–Trinajstić information content (AvgIpc) is 2.78. The zero-order valence-electron chi connectivity index (χ0n) is 11.6. The highest BCUT2D eigenvalue weighted by Gasteiger charge is 2.07. The van der Waals surface area contributed by atoms with Crippen LogP contribution in [0.3, 0.4) is 0 Å². The first-order chi connectivity index (χ1) is 9.13. The van der Waals surface area contributed by atoms with E-state index in [1.165, 1.54) is 0 Å². The molecule has 0 fully saturated rings. The van der Waals surface area contributed by atoms with Gasteiger partial charge in [-0.25, -0.2) is 0 Å². The van der Waals surface area contributed by atoms with Crippen molar-refractivity contribution in [1.29, 1.82) is 0 Å². The summed E-state index contributed by atoms with van der Waals surface area (Å²) in [6.07, 6.45) is 3.38. The zero-order valence-corrected chi connectivity index (χ0v) is 11.6. The Balaban J connectivity index is 2.17. The van der Waals surface area contributed by atoms with Crippen LogP contribution in [0.15, 0.2) is 30.5 Å². The Bertz CT molecular complexity index is 570. The molecular formula is C15H19N3O. The lowest BCUT2D eigenvalue weighted by atomic mass is 10.1. The van der Waals surface area contributed by atoms with Crippen LogP contribution in [0.4, 0.5) is 11.4 Å². The van der Waals surface area contributed by atoms with Gasteiger partial charge in [0.1, 0.15) is 0 Å². The van der Waals surface area contributed by atoms with Crippen molar-refractivity contribution in [2.75, 3.05) is 5.32 Å². The Kier molecular flexibility index (Phi) is 4.00. The maximum Gasteiger partial charge on any atom is 0.162 e. The molecule has 4 nitrogen and oxygen atoms in total. The van der Waals surface area contributed by atoms with Crippen molar-refractivity contribution in [2.45, 2.75) is 26.7 Å². The molecule has 1 aromatic heterocycles. The lowest BCUT2D eigenvalue weighted by Gasteiger charge is -2.06. The minimum absolute atomic E-state index is 0.169. The number of benzene rings is 1. The van der Waals surface area contributed by atoms with Crippen LogP contribution in [-0.2, 0) is 13.5 Å². The predicted molar refractivity (Wildman–Crippen MR) is 76.9 cm³/mol. The van der Waals surface area contributed by atoms with Crippen molar-refractivity contribution in [3.05, 3.63) is 41.7 Å². The van der Waals surface area contributed by atoms with Crippen molar-refractivity contribution < 1.29 is 4.79 Å². The molecule has 0 aliphatic carbocycles. The molecule has 4 heteroatoms. The first-order valence-electron chi connectivity index (χ1n) is 6.56. The van der Waals surface area contributed by atoms with Crippen molar-refractivity contribution in [2.24, 2.45) is 7.05 Å². The quantitative estimate of drug-likeness (QED) is 0.836. The summed E-state index contributed by atoms with van der Waals surface area (Å²) in [5.41, 5.74) is 3.78. The molecule has 1 N–H and O–H groups in total. The minimum Gasteiger partial charge on any atom is -0.353 e. The number of carbonyl (C=O) groups excluding carboxylic acids is 1. The van der Waals surface area contributed by atoms with E-state index in [4.69, 9.17) is 0 Å². The molecule has 0 radical (unpaired) electrons. The fourth-order valence-electron chi connectivity index (χ4n) is 2.00. The van der Waals surface area contributed by atoms with E-state index in [9.17, 15) is 4.79 Å². The predicted octanol–water partition coefficient (Wildman–Crippen LogP) is 3.32. The lowest BCUT2D eigenvalue weighted by Crippen LogP contribution is -1.97. The van der Waals surface area contributed by atoms with Gasteiger partial charge in [-0.05, 0) is 30.7 Å². The monoisotopic (exact) mass is 257 g/mol. The maximum absolute atomic E-state index is 11.6. The Morgan fingerprint density at radius 2 is 1.95 bits per heavy atom. The molecule has 0 atom stereocenters. The van der Waals surface area contributed by atoms with E-state index in [1.807, 2.05) is 44.4 Å². The number of ketones is 1. The number of Topliss-reactive ketones (excluding diaryl/α,β-unsaturated/α-hetero) is 1. The van der Waals surface area contributed by atoms with Crippen LogP contribution in [-0.4, -0.2) is 15.6 Å². The smallest absolute Gasteiger partial charge is 0.162 e. The van der Waals surface area contributed by atoms with Crippen LogP contribution in [0, 0.1) is 0 Å². The number of rotatable bonds is 5. The highest BCUT2D eigenvalue weighted by Crippen LogP contribution is 2.20. The second-order valence-corrected chi connectivity index (χ2v) is 4.50. The van der Waals surface area contributed by atoms with Gasteiger partial charge in [0, 0.05) is 30.9 Å². The van der Waals surface area contributed by atoms with Gasteiger partial charge in [-0.1, -0.05) is 13.8 Å². The summed E-state index contributed by atoms with van der Waals surface area (Å²) in [4.78, 5) is 11.6. The van der Waals surface area contributed by atoms with Gasteiger partial charge in [-0.3, -0.25) is 9.48 Å². The standard InChI is InChI=1S/C15H19N3O/c1-4-13-14(10-18(3)17-13)16-12-8-6-11(7-9-12)15(19)5-2/h6-10,16H,4-5H2,1-3H3. The van der Waals surface area contributed by atoms with Gasteiger partial charge in [0.05, 0.1) is 11.4 Å². The Labute approximate surface area is 113 Å². The molecular weight excluding hydrogens is 238 g/mol. The molecule has 1 aromatic carbocycles. The van der Waals surface area contributed by atoms with Crippen LogP contribution in [0.5, 0.6) is 0 Å². The molecule has 19 heavy (non-hydrogen) atoms. The highest BCUT2D eigenvalue weighted by molar-refractivity contribution is 5.96. The van der Waals surface area contributed by atoms with E-state index in [0.717, 1.165) is 29.1 Å². The van der Waals surface area contributed by atoms with Crippen molar-refractivity contribution >= 4 is 17.2 Å². The topological polar surface area (TPSA) is 46.9 Å². The Hall–Kier alpha value is -2.10. The SMILES string of the molecule is CCC(=O)c1ccc(Nc2cn(C)nc2CC)cc1. The van der Waals surface area contributed by atoms with Crippen LogP contribution in [0.25, 0.3) is 0 Å². The number of nitrogens with one attached hydrogen (secondary N) is 1. The third kappa shape index (κ3) is 3.02. The number of anilines is 2. The Morgan fingerprint density at radius 1 is 1.26 bits per heavy atom. The van der Waals surface area contributed by atoms with E-state index in [1.54, 1.807) is 4.68 Å². The number of carbonyl (C=O) groups is 1. The van der Waals surface area contributed by atoms with Crippen LogP contribution in [0.1, 0.15) is 36.3 Å². The molecule has 0 saturated carbocycles. The third-order valence-electron chi connectivity index (χ3n) is 3.05. The number of nitrogens with zero attached hydrogens (tertiary/aromatic N) is 2. The van der Waals surface area contributed by atoms with Crippen LogP contribution < -0.4 is 5.32 Å². The summed E-state index contributed by atoms with van der Waals surface area (Å²) in [6.45, 7) is 3.95. The fourth-order valence-corrected chi connectivity index (χ4v) is 2.00. The first kappa shape index (κ1) is 13.3. The van der Waals surface area contributed by atoms with Crippen molar-refractivity contribution in [1.82, 2.24) is 9.78 Å². The molecule has 2 aromatic rings. The van der Waals surface area contributed by atoms with Crippen LogP contribution >= 0.6 is 0 Å². The first-order valence-corrected chi connectivity index (χ1v) is 6.56. The number of hydrogen-bond donors (Lipinski definition) is 1. The molecule has 0 bridgehead atoms. The molecule has 0 unspecified atom stereocenters. The van der Waals surface area contributed by atoms with Gasteiger partial charge < -0.3 is 5.32 Å². The van der Waals surface area contributed by atoms with Crippen molar-refractivity contribution in [3.63, 3.8) is 0 Å². The van der Waals surface area contributed by atoms with Crippen LogP contribution in [0.2, 0.25) is 0 Å². The summed E-state index contributed by atoms with van der Waals surface area (Å²) in [6, 6.07) is 7.57. The zero-order chi connectivity index (χ0) is 13.8. The molecule has 0 aliphatic rings. The second kappa shape index (κ2) is 5.69. The van der Waals surface area contributed by atoms with Gasteiger partial charge in [0.25, 0.3) is 0 Å². The number of hydrogen-bond acceptors (Lipinski definition) is 3. The van der Waals surface area contributed by atoms with Gasteiger partial charge >= 0.3 is 0 Å². The van der Waals surface area contributed by atoms with Crippen molar-refractivity contribution in [3.8, 4) is 0 Å². The minimum atomic E-state index is 0.169. The molecule has 100 valence electrons. The van der Waals surface area contributed by atoms with Gasteiger partial charge in [0.2, 0.25) is 0 Å². The highest BCUT2D eigenvalue weighted by atomic mass is 16.1. The van der Waals surface area contributed by atoms with Gasteiger partial charge in [0.15, 0.2) is 5.78 Å². The summed E-state index contributed by atoms with van der Waals surface area (Å²) in [7, 11) is 1.91. The summed E-state index contributed by atoms with van der Waals surface area (Å²) in [5, 5.41) is 7.72. The fraction of sp³-hybridized carbons (Fsp3) is 0.333. The summed E-state index contributed by atoms with van der Waals surface area (Å²) >= 11 is 0. The van der Waals surface area contributed by atoms with Gasteiger partial charge in [-0.2, -0.15) is 5.10 Å². The van der Waals surface area contributed by atoms with E-state index in [-0.39, 0.29) is 5.78 Å². The van der Waals surface area contributed by atoms with E-state index >= 15 is 0 Å². The molecule has 0 spiro atoms. The maximum atomic E-state index is 11.6. The van der Waals surface area contributed by atoms with Gasteiger partial charge in [-0.15, -0.1) is 0 Å². The number of aromatic nitrogens is 2. The molecule has 0 saturated heterocycles. The molecule has 0 amide bonds. The third-order valence-corrected chi connectivity index (χ3v) is 3.05.